The van der Waals surface area contributed by atoms with Crippen molar-refractivity contribution in [1.82, 2.24) is 9.38 Å². The van der Waals surface area contributed by atoms with E-state index in [4.69, 9.17) is 9.72 Å². The fraction of sp³-hybridized carbons (Fsp3) is 0.179. The van der Waals surface area contributed by atoms with Gasteiger partial charge < -0.3 is 9.64 Å². The number of rotatable bonds is 3. The van der Waals surface area contributed by atoms with E-state index in [1.165, 1.54) is 0 Å². The van der Waals surface area contributed by atoms with E-state index in [0.717, 1.165) is 69.6 Å². The molecule has 0 amide bonds. The topological polar surface area (TPSA) is 63.9 Å². The van der Waals surface area contributed by atoms with Crippen molar-refractivity contribution >= 4 is 61.2 Å². The SMILES string of the molecule is O=COC1CCN(c2ccc3c(=O)n4c5cccc6cccc(nc4c4cccc2c34)c65)CC1. The number of carbonyl (C=O) groups excluding carboxylic acids is 1. The summed E-state index contributed by atoms with van der Waals surface area (Å²) < 4.78 is 6.94. The lowest BCUT2D eigenvalue weighted by Crippen LogP contribution is -2.37. The Hall–Kier alpha value is -4.19. The molecule has 3 heterocycles. The Bertz CT molecular complexity index is 1790. The summed E-state index contributed by atoms with van der Waals surface area (Å²) in [5, 5.41) is 5.76. The van der Waals surface area contributed by atoms with E-state index in [1.807, 2.05) is 36.4 Å². The fourth-order valence-electron chi connectivity index (χ4n) is 5.71. The Kier molecular flexibility index (Phi) is 4.06. The van der Waals surface area contributed by atoms with Crippen molar-refractivity contribution < 1.29 is 9.53 Å². The number of anilines is 1. The zero-order chi connectivity index (χ0) is 22.8. The number of carbonyl (C=O) groups is 1. The standard InChI is InChI=1S/C28H21N3O3/c32-16-34-18-12-14-30(15-13-18)23-11-10-21-26-19(23)6-3-7-20(26)27-29-22-8-1-4-17-5-2-9-24(25(17)22)31(27)28(21)33/h1-11,16,18H,12-15H2. The molecule has 4 aromatic carbocycles. The first-order valence-electron chi connectivity index (χ1n) is 11.6. The third-order valence-electron chi connectivity index (χ3n) is 7.26. The normalized spacial score (nSPS) is 15.2. The minimum Gasteiger partial charge on any atom is -0.464 e. The van der Waals surface area contributed by atoms with Crippen molar-refractivity contribution in [2.75, 3.05) is 18.0 Å². The van der Waals surface area contributed by atoms with Crippen LogP contribution in [0.1, 0.15) is 12.8 Å². The van der Waals surface area contributed by atoms with Gasteiger partial charge in [-0.2, -0.15) is 0 Å². The highest BCUT2D eigenvalue weighted by Crippen LogP contribution is 2.37. The van der Waals surface area contributed by atoms with E-state index in [1.54, 1.807) is 4.40 Å². The Morgan fingerprint density at radius 1 is 0.853 bits per heavy atom. The first-order chi connectivity index (χ1) is 16.7. The lowest BCUT2D eigenvalue weighted by molar-refractivity contribution is -0.134. The van der Waals surface area contributed by atoms with Crippen LogP contribution in [0.5, 0.6) is 0 Å². The molecule has 34 heavy (non-hydrogen) atoms. The molecule has 0 radical (unpaired) electrons. The maximum Gasteiger partial charge on any atom is 0.293 e. The molecule has 0 bridgehead atoms. The van der Waals surface area contributed by atoms with Crippen LogP contribution in [0.15, 0.2) is 71.5 Å². The highest BCUT2D eigenvalue weighted by molar-refractivity contribution is 6.19. The first kappa shape index (κ1) is 19.3. The summed E-state index contributed by atoms with van der Waals surface area (Å²) in [4.78, 5) is 31.9. The number of hydrogen-bond donors (Lipinski definition) is 0. The van der Waals surface area contributed by atoms with Crippen LogP contribution in [0.3, 0.4) is 0 Å². The number of ether oxygens (including phenoxy) is 1. The molecular formula is C28H21N3O3. The third kappa shape index (κ3) is 2.59. The number of pyridine rings is 1. The van der Waals surface area contributed by atoms with Gasteiger partial charge >= 0.3 is 0 Å². The summed E-state index contributed by atoms with van der Waals surface area (Å²) in [6, 6.07) is 22.3. The number of nitrogens with zero attached hydrogens (tertiary/aromatic N) is 3. The van der Waals surface area contributed by atoms with Crippen molar-refractivity contribution in [2.24, 2.45) is 0 Å². The van der Waals surface area contributed by atoms with Gasteiger partial charge in [0, 0.05) is 58.5 Å². The molecule has 7 rings (SSSR count). The van der Waals surface area contributed by atoms with Crippen LogP contribution in [0.25, 0.3) is 49.0 Å². The lowest BCUT2D eigenvalue weighted by Gasteiger charge is -2.33. The molecule has 1 aliphatic heterocycles. The second-order valence-electron chi connectivity index (χ2n) is 9.01. The van der Waals surface area contributed by atoms with Gasteiger partial charge in [-0.15, -0.1) is 0 Å². The van der Waals surface area contributed by atoms with E-state index in [9.17, 15) is 9.59 Å². The van der Waals surface area contributed by atoms with Crippen molar-refractivity contribution in [1.29, 1.82) is 0 Å². The third-order valence-corrected chi connectivity index (χ3v) is 7.26. The Labute approximate surface area is 194 Å². The highest BCUT2D eigenvalue weighted by Gasteiger charge is 2.23. The first-order valence-corrected chi connectivity index (χ1v) is 11.6. The van der Waals surface area contributed by atoms with Crippen LogP contribution in [0.2, 0.25) is 0 Å². The van der Waals surface area contributed by atoms with Gasteiger partial charge in [0.25, 0.3) is 12.0 Å². The van der Waals surface area contributed by atoms with Crippen molar-refractivity contribution in [3.05, 3.63) is 77.1 Å². The molecule has 6 nitrogen and oxygen atoms in total. The van der Waals surface area contributed by atoms with Crippen molar-refractivity contribution in [3.63, 3.8) is 0 Å². The second-order valence-corrected chi connectivity index (χ2v) is 9.01. The molecule has 0 atom stereocenters. The molecule has 2 aromatic heterocycles. The van der Waals surface area contributed by atoms with Crippen LogP contribution in [0, 0.1) is 0 Å². The number of fused-ring (bicyclic) bond motifs is 3. The van der Waals surface area contributed by atoms with Gasteiger partial charge in [0.2, 0.25) is 0 Å². The molecule has 1 fully saturated rings. The molecule has 0 aliphatic carbocycles. The van der Waals surface area contributed by atoms with E-state index < -0.39 is 0 Å². The minimum atomic E-state index is -0.0471. The van der Waals surface area contributed by atoms with E-state index in [-0.39, 0.29) is 11.7 Å². The molecular weight excluding hydrogens is 426 g/mol. The molecule has 6 heteroatoms. The van der Waals surface area contributed by atoms with Crippen molar-refractivity contribution in [3.8, 4) is 0 Å². The summed E-state index contributed by atoms with van der Waals surface area (Å²) in [5.41, 5.74) is 3.51. The summed E-state index contributed by atoms with van der Waals surface area (Å²) in [5.74, 6) is 0. The molecule has 0 spiro atoms. The van der Waals surface area contributed by atoms with Crippen LogP contribution in [-0.4, -0.2) is 35.1 Å². The van der Waals surface area contributed by atoms with E-state index in [0.29, 0.717) is 17.5 Å². The van der Waals surface area contributed by atoms with Crippen LogP contribution in [-0.2, 0) is 9.53 Å². The summed E-state index contributed by atoms with van der Waals surface area (Å²) in [7, 11) is 0. The van der Waals surface area contributed by atoms with Gasteiger partial charge in [-0.05, 0) is 29.7 Å². The Morgan fingerprint density at radius 3 is 2.44 bits per heavy atom. The number of benzene rings is 4. The second kappa shape index (κ2) is 7.15. The van der Waals surface area contributed by atoms with Gasteiger partial charge in [0.1, 0.15) is 11.8 Å². The fourth-order valence-corrected chi connectivity index (χ4v) is 5.71. The average molecular weight is 447 g/mol. The Morgan fingerprint density at radius 2 is 1.62 bits per heavy atom. The molecule has 1 saturated heterocycles. The quantitative estimate of drug-likeness (QED) is 0.220. The number of hydrogen-bond acceptors (Lipinski definition) is 5. The average Bonchev–Trinajstić information content (AvgIpc) is 2.88. The van der Waals surface area contributed by atoms with Gasteiger partial charge in [-0.1, -0.05) is 42.5 Å². The maximum absolute atomic E-state index is 13.9. The monoisotopic (exact) mass is 447 g/mol. The van der Waals surface area contributed by atoms with Gasteiger partial charge in [-0.25, -0.2) is 4.98 Å². The van der Waals surface area contributed by atoms with Gasteiger partial charge in [-0.3, -0.25) is 14.0 Å². The zero-order valence-electron chi connectivity index (χ0n) is 18.4. The number of piperidine rings is 1. The highest BCUT2D eigenvalue weighted by atomic mass is 16.5. The lowest BCUT2D eigenvalue weighted by atomic mass is 9.98. The van der Waals surface area contributed by atoms with E-state index in [2.05, 4.69) is 35.2 Å². The number of aromatic nitrogens is 2. The van der Waals surface area contributed by atoms with Crippen LogP contribution >= 0.6 is 0 Å². The largest absolute Gasteiger partial charge is 0.464 e. The summed E-state index contributed by atoms with van der Waals surface area (Å²) in [6.07, 6.45) is 1.56. The predicted octanol–water partition coefficient (Wildman–Crippen LogP) is 4.89. The maximum atomic E-state index is 13.9. The molecule has 166 valence electrons. The smallest absolute Gasteiger partial charge is 0.293 e. The Balaban J connectivity index is 1.53. The molecule has 0 N–H and O–H groups in total. The molecule has 0 unspecified atom stereocenters. The van der Waals surface area contributed by atoms with Crippen molar-refractivity contribution in [2.45, 2.75) is 18.9 Å². The molecule has 6 aromatic rings. The van der Waals surface area contributed by atoms with Crippen LogP contribution < -0.4 is 10.5 Å². The van der Waals surface area contributed by atoms with Gasteiger partial charge in [0.15, 0.2) is 0 Å². The minimum absolute atomic E-state index is 0.0248. The summed E-state index contributed by atoms with van der Waals surface area (Å²) in [6.45, 7) is 2.14. The van der Waals surface area contributed by atoms with Crippen LogP contribution in [0.4, 0.5) is 5.69 Å². The van der Waals surface area contributed by atoms with E-state index >= 15 is 0 Å². The summed E-state index contributed by atoms with van der Waals surface area (Å²) >= 11 is 0. The predicted molar refractivity (Wildman–Crippen MR) is 135 cm³/mol. The molecule has 0 saturated carbocycles. The molecule has 1 aliphatic rings. The zero-order valence-corrected chi connectivity index (χ0v) is 18.4. The van der Waals surface area contributed by atoms with Gasteiger partial charge in [0.05, 0.1) is 11.0 Å².